The molecule has 30 heavy (non-hydrogen) atoms. The fourth-order valence-electron chi connectivity index (χ4n) is 4.12. The average Bonchev–Trinajstić information content (AvgIpc) is 3.16. The molecule has 4 nitrogen and oxygen atoms in total. The minimum absolute atomic E-state index is 0.0913. The van der Waals surface area contributed by atoms with Gasteiger partial charge in [-0.15, -0.1) is 17.8 Å². The van der Waals surface area contributed by atoms with Crippen molar-refractivity contribution in [2.24, 2.45) is 5.41 Å². The summed E-state index contributed by atoms with van der Waals surface area (Å²) in [5.74, 6) is 2.63. The molecule has 1 aromatic heterocycles. The molecule has 1 saturated heterocycles. The Labute approximate surface area is 181 Å². The Bertz CT molecular complexity index is 880. The Hall–Kier alpha value is -2.01. The highest BCUT2D eigenvalue weighted by Crippen LogP contribution is 2.37. The van der Waals surface area contributed by atoms with Gasteiger partial charge < -0.3 is 9.47 Å². The summed E-state index contributed by atoms with van der Waals surface area (Å²) in [6.45, 7) is 3.15. The molecule has 1 atom stereocenters. The van der Waals surface area contributed by atoms with Crippen molar-refractivity contribution >= 4 is 11.3 Å². The minimum Gasteiger partial charge on any atom is -0.434 e. The SMILES string of the molecule is C#Cc1ccc(OC(F)F)c(-c2ncc(CN3CCC[C@](C)(CCCOC)C3)s2)c1. The number of halogens is 2. The quantitative estimate of drug-likeness (QED) is 0.390. The van der Waals surface area contributed by atoms with E-state index < -0.39 is 6.61 Å². The van der Waals surface area contributed by atoms with E-state index in [4.69, 9.17) is 11.2 Å². The second-order valence-electron chi connectivity index (χ2n) is 8.09. The molecule has 0 N–H and O–H groups in total. The molecule has 1 aliphatic heterocycles. The van der Waals surface area contributed by atoms with Gasteiger partial charge in [0.15, 0.2) is 0 Å². The Morgan fingerprint density at radius 2 is 2.23 bits per heavy atom. The number of methoxy groups -OCH3 is 1. The van der Waals surface area contributed by atoms with E-state index in [1.54, 1.807) is 19.2 Å². The Kier molecular flexibility index (Phi) is 7.81. The summed E-state index contributed by atoms with van der Waals surface area (Å²) in [6, 6.07) is 4.75. The zero-order valence-electron chi connectivity index (χ0n) is 17.5. The van der Waals surface area contributed by atoms with Crippen molar-refractivity contribution in [2.45, 2.75) is 45.8 Å². The van der Waals surface area contributed by atoms with Crippen molar-refractivity contribution in [3.8, 4) is 28.7 Å². The van der Waals surface area contributed by atoms with Crippen LogP contribution in [-0.2, 0) is 11.3 Å². The van der Waals surface area contributed by atoms with Crippen LogP contribution in [0.3, 0.4) is 0 Å². The van der Waals surface area contributed by atoms with E-state index in [1.165, 1.54) is 30.2 Å². The van der Waals surface area contributed by atoms with E-state index >= 15 is 0 Å². The van der Waals surface area contributed by atoms with Crippen LogP contribution in [0.1, 0.15) is 43.0 Å². The van der Waals surface area contributed by atoms with Crippen LogP contribution in [0.5, 0.6) is 5.75 Å². The highest BCUT2D eigenvalue weighted by Gasteiger charge is 2.30. The van der Waals surface area contributed by atoms with Crippen LogP contribution in [0.15, 0.2) is 24.4 Å². The van der Waals surface area contributed by atoms with Gasteiger partial charge in [-0.1, -0.05) is 12.8 Å². The molecular formula is C23H28F2N2O2S. The topological polar surface area (TPSA) is 34.6 Å². The van der Waals surface area contributed by atoms with E-state index in [2.05, 4.69) is 27.5 Å². The van der Waals surface area contributed by atoms with Gasteiger partial charge in [-0.05, 0) is 55.8 Å². The number of ether oxygens (including phenoxy) is 2. The molecule has 0 spiro atoms. The molecule has 3 rings (SSSR count). The smallest absolute Gasteiger partial charge is 0.387 e. The number of piperidine rings is 1. The number of hydrogen-bond acceptors (Lipinski definition) is 5. The predicted molar refractivity (Wildman–Crippen MR) is 116 cm³/mol. The lowest BCUT2D eigenvalue weighted by Gasteiger charge is -2.40. The number of likely N-dealkylation sites (tertiary alicyclic amines) is 1. The third-order valence-corrected chi connectivity index (χ3v) is 6.53. The first-order valence-electron chi connectivity index (χ1n) is 10.1. The number of rotatable bonds is 9. The van der Waals surface area contributed by atoms with E-state index in [9.17, 15) is 8.78 Å². The van der Waals surface area contributed by atoms with Gasteiger partial charge in [-0.3, -0.25) is 4.90 Å². The maximum atomic E-state index is 12.8. The van der Waals surface area contributed by atoms with Crippen molar-refractivity contribution in [1.82, 2.24) is 9.88 Å². The van der Waals surface area contributed by atoms with Crippen LogP contribution >= 0.6 is 11.3 Å². The van der Waals surface area contributed by atoms with Crippen LogP contribution < -0.4 is 4.74 Å². The second kappa shape index (κ2) is 10.3. The van der Waals surface area contributed by atoms with Crippen molar-refractivity contribution in [3.05, 3.63) is 34.8 Å². The third-order valence-electron chi connectivity index (χ3n) is 5.51. The maximum Gasteiger partial charge on any atom is 0.387 e. The number of alkyl halides is 2. The first kappa shape index (κ1) is 22.7. The Morgan fingerprint density at radius 3 is 2.97 bits per heavy atom. The molecule has 7 heteroatoms. The lowest BCUT2D eigenvalue weighted by molar-refractivity contribution is -0.0494. The van der Waals surface area contributed by atoms with Gasteiger partial charge >= 0.3 is 6.61 Å². The van der Waals surface area contributed by atoms with Crippen LogP contribution in [0.2, 0.25) is 0 Å². The first-order valence-corrected chi connectivity index (χ1v) is 11.0. The summed E-state index contributed by atoms with van der Waals surface area (Å²) in [5, 5.41) is 0.637. The Morgan fingerprint density at radius 1 is 1.40 bits per heavy atom. The van der Waals surface area contributed by atoms with E-state index in [-0.39, 0.29) is 5.75 Å². The molecule has 0 amide bonds. The molecule has 1 aromatic carbocycles. The molecule has 1 fully saturated rings. The van der Waals surface area contributed by atoms with E-state index in [0.29, 0.717) is 21.5 Å². The number of hydrogen-bond donors (Lipinski definition) is 0. The molecule has 0 bridgehead atoms. The number of benzene rings is 1. The molecule has 2 aromatic rings. The molecule has 0 radical (unpaired) electrons. The predicted octanol–water partition coefficient (Wildman–Crippen LogP) is 5.42. The summed E-state index contributed by atoms with van der Waals surface area (Å²) in [7, 11) is 1.74. The fourth-order valence-corrected chi connectivity index (χ4v) is 5.10. The fraction of sp³-hybridized carbons (Fsp3) is 0.522. The van der Waals surface area contributed by atoms with Gasteiger partial charge in [-0.25, -0.2) is 4.98 Å². The second-order valence-corrected chi connectivity index (χ2v) is 9.20. The molecule has 2 heterocycles. The standard InChI is InChI=1S/C23H28F2N2O2S/c1-4-17-7-8-20(29-22(24)25)19(13-17)21-26-14-18(30-21)15-27-11-5-9-23(2,16-27)10-6-12-28-3/h1,7-8,13-14,22H,5-6,9-12,15-16H2,2-3H3/t23-/m1/s1. The van der Waals surface area contributed by atoms with Gasteiger partial charge in [-0.2, -0.15) is 8.78 Å². The monoisotopic (exact) mass is 434 g/mol. The molecule has 0 aliphatic carbocycles. The van der Waals surface area contributed by atoms with Crippen LogP contribution in [0.4, 0.5) is 8.78 Å². The Balaban J connectivity index is 1.72. The van der Waals surface area contributed by atoms with E-state index in [1.807, 2.05) is 6.20 Å². The van der Waals surface area contributed by atoms with Gasteiger partial charge in [0.1, 0.15) is 10.8 Å². The number of aromatic nitrogens is 1. The number of nitrogens with zero attached hydrogens (tertiary/aromatic N) is 2. The van der Waals surface area contributed by atoms with Crippen molar-refractivity contribution < 1.29 is 18.3 Å². The number of thiazole rings is 1. The lowest BCUT2D eigenvalue weighted by Crippen LogP contribution is -2.41. The van der Waals surface area contributed by atoms with Gasteiger partial charge in [0.25, 0.3) is 0 Å². The van der Waals surface area contributed by atoms with Crippen molar-refractivity contribution in [2.75, 3.05) is 26.8 Å². The summed E-state index contributed by atoms with van der Waals surface area (Å²) < 4.78 is 35.5. The van der Waals surface area contributed by atoms with Crippen LogP contribution in [0, 0.1) is 17.8 Å². The van der Waals surface area contributed by atoms with Gasteiger partial charge in [0, 0.05) is 43.4 Å². The maximum absolute atomic E-state index is 12.8. The summed E-state index contributed by atoms with van der Waals surface area (Å²) in [6.07, 6.45) is 11.9. The average molecular weight is 435 g/mol. The van der Waals surface area contributed by atoms with Gasteiger partial charge in [0.05, 0.1) is 5.56 Å². The normalized spacial score (nSPS) is 19.7. The number of terminal acetylenes is 1. The highest BCUT2D eigenvalue weighted by molar-refractivity contribution is 7.15. The lowest BCUT2D eigenvalue weighted by atomic mass is 9.78. The summed E-state index contributed by atoms with van der Waals surface area (Å²) in [4.78, 5) is 8.03. The van der Waals surface area contributed by atoms with Crippen molar-refractivity contribution in [3.63, 3.8) is 0 Å². The van der Waals surface area contributed by atoms with Crippen LogP contribution in [0.25, 0.3) is 10.6 Å². The summed E-state index contributed by atoms with van der Waals surface area (Å²) in [5.41, 5.74) is 1.40. The largest absolute Gasteiger partial charge is 0.434 e. The zero-order valence-corrected chi connectivity index (χ0v) is 18.3. The minimum atomic E-state index is -2.90. The zero-order chi connectivity index (χ0) is 21.6. The van der Waals surface area contributed by atoms with E-state index in [0.717, 1.165) is 44.0 Å². The van der Waals surface area contributed by atoms with Gasteiger partial charge in [0.2, 0.25) is 0 Å². The molecule has 0 saturated carbocycles. The van der Waals surface area contributed by atoms with Crippen LogP contribution in [-0.4, -0.2) is 43.3 Å². The molecule has 0 unspecified atom stereocenters. The molecule has 1 aliphatic rings. The van der Waals surface area contributed by atoms with Crippen molar-refractivity contribution in [1.29, 1.82) is 0 Å². The summed E-state index contributed by atoms with van der Waals surface area (Å²) >= 11 is 1.50. The molecular weight excluding hydrogens is 406 g/mol. The molecule has 162 valence electrons. The highest BCUT2D eigenvalue weighted by atomic mass is 32.1. The first-order chi connectivity index (χ1) is 14.4. The third kappa shape index (κ3) is 6.00.